The van der Waals surface area contributed by atoms with Crippen LogP contribution >= 0.6 is 34.8 Å². The Morgan fingerprint density at radius 2 is 1.73 bits per heavy atom. The molecule has 3 unspecified atom stereocenters. The summed E-state index contributed by atoms with van der Waals surface area (Å²) in [6, 6.07) is 12.5. The van der Waals surface area contributed by atoms with E-state index < -0.39 is 54.6 Å². The molecule has 1 aliphatic carbocycles. The highest BCUT2D eigenvalue weighted by molar-refractivity contribution is 7.66. The lowest BCUT2D eigenvalue weighted by atomic mass is 10.1. The molecule has 4 heterocycles. The van der Waals surface area contributed by atoms with E-state index in [0.717, 1.165) is 64.1 Å². The number of rotatable bonds is 21. The number of aliphatic hydroxyl groups is 2. The van der Waals surface area contributed by atoms with Gasteiger partial charge in [-0.2, -0.15) is 4.31 Å². The maximum atomic E-state index is 12.5. The quantitative estimate of drug-likeness (QED) is 0.0239. The van der Waals surface area contributed by atoms with Gasteiger partial charge in [0.2, 0.25) is 11.3 Å². The zero-order valence-electron chi connectivity index (χ0n) is 33.8. The van der Waals surface area contributed by atoms with E-state index in [1.807, 2.05) is 27.2 Å². The average Bonchev–Trinajstić information content (AvgIpc) is 3.75. The summed E-state index contributed by atoms with van der Waals surface area (Å²) in [7, 11) is -11.1. The molecule has 338 valence electrons. The number of ether oxygens (including phenoxy) is 1. The lowest BCUT2D eigenvalue weighted by molar-refractivity contribution is -0.212. The van der Waals surface area contributed by atoms with E-state index in [1.54, 1.807) is 11.3 Å². The van der Waals surface area contributed by atoms with Crippen LogP contribution in [0.5, 0.6) is 0 Å². The number of hydrogen-bond acceptors (Lipinski definition) is 18. The Morgan fingerprint density at radius 3 is 2.47 bits per heavy atom. The lowest BCUT2D eigenvalue weighted by Gasteiger charge is -2.21. The number of fused-ring (bicyclic) bond motifs is 3. The monoisotopic (exact) mass is 943 g/mol. The first-order valence-corrected chi connectivity index (χ1v) is 24.6. The van der Waals surface area contributed by atoms with Gasteiger partial charge in [-0.25, -0.2) is 38.0 Å². The number of benzene rings is 2. The number of hydrogen-bond donors (Lipinski definition) is 7. The Balaban J connectivity index is 0.881. The molecule has 3 aromatic rings. The largest absolute Gasteiger partial charge is 0.756 e. The van der Waals surface area contributed by atoms with Crippen LogP contribution in [0.15, 0.2) is 49.1 Å². The number of unbranched alkanes of at least 4 members (excludes halogenated alkanes) is 3. The predicted octanol–water partition coefficient (Wildman–Crippen LogP) is 1.91. The topological polar surface area (TPSA) is 316 Å². The minimum atomic E-state index is -5.84. The van der Waals surface area contributed by atoms with Crippen LogP contribution in [0.2, 0.25) is 0 Å². The number of imidazole rings is 1. The summed E-state index contributed by atoms with van der Waals surface area (Å²) in [6.07, 6.45) is 0.875. The summed E-state index contributed by atoms with van der Waals surface area (Å²) >= 11 is 1.72. The van der Waals surface area contributed by atoms with E-state index in [4.69, 9.17) is 14.6 Å². The molecule has 6 rings (SSSR count). The fourth-order valence-corrected chi connectivity index (χ4v) is 10.6. The van der Waals surface area contributed by atoms with E-state index in [-0.39, 0.29) is 11.6 Å². The third-order valence-electron chi connectivity index (χ3n) is 9.71. The van der Waals surface area contributed by atoms with Crippen LogP contribution in [0.25, 0.3) is 32.0 Å². The SMILES string of the molecule is CN(CCCC(=O)NCCCCCCNc1ncnc2c1ncn2[C@@H]1O[C@H](COP(=O)(O)OP(=O)(O)OP(=O)([O-])O)[C@@H](O)[C@H]1O)c1ccc2nc3ccc(=[N+](C)C)cc-3sc2c1. The molecule has 0 saturated carbocycles. The van der Waals surface area contributed by atoms with E-state index in [2.05, 4.69) is 78.5 Å². The van der Waals surface area contributed by atoms with Gasteiger partial charge in [-0.15, -0.1) is 11.3 Å². The van der Waals surface area contributed by atoms with E-state index in [9.17, 15) is 43.4 Å². The number of anilines is 2. The highest BCUT2D eigenvalue weighted by Crippen LogP contribution is 2.65. The fourth-order valence-electron chi connectivity index (χ4n) is 6.58. The minimum Gasteiger partial charge on any atom is -0.756 e. The standard InChI is InChI=1S/C35H48N9O14P3S/c1-42(2)22-10-12-24-27(17-22)62-28-18-23(11-13-25(28)41-24)43(3)16-8-9-29(45)36-14-6-4-5-7-15-37-33-30-34(39-20-38-33)44(21-40-30)35-32(47)31(46)26(56-35)19-55-60(51,52)58-61(53,54)57-59(48,49)50/h10-13,17-18,20-21,26,31-32,35,46-47H,4-9,14-16,19H2,1-3H3,(H5-,36,37,38,39,45,48,49,50,51,52,53,54)/t26-,31-,32-,35-/m1/s1. The molecular weight excluding hydrogens is 895 g/mol. The van der Waals surface area contributed by atoms with Crippen molar-refractivity contribution in [3.8, 4) is 10.6 Å². The third kappa shape index (κ3) is 12.7. The van der Waals surface area contributed by atoms with Gasteiger partial charge in [-0.05, 0) is 43.5 Å². The molecule has 2 aliphatic heterocycles. The van der Waals surface area contributed by atoms with Crippen LogP contribution in [0, 0.1) is 0 Å². The average molecular weight is 944 g/mol. The molecule has 0 radical (unpaired) electrons. The first kappa shape index (κ1) is 47.6. The minimum absolute atomic E-state index is 0.0160. The molecular formula is C35H48N9O14P3S. The van der Waals surface area contributed by atoms with Crippen molar-refractivity contribution in [2.24, 2.45) is 0 Å². The zero-order valence-corrected chi connectivity index (χ0v) is 37.3. The van der Waals surface area contributed by atoms with Crippen molar-refractivity contribution in [2.45, 2.75) is 63.1 Å². The highest BCUT2D eigenvalue weighted by Gasteiger charge is 2.46. The van der Waals surface area contributed by atoms with Gasteiger partial charge in [-0.1, -0.05) is 12.8 Å². The first-order valence-electron chi connectivity index (χ1n) is 19.3. The lowest BCUT2D eigenvalue weighted by Crippen LogP contribution is -2.33. The molecule has 2 aromatic heterocycles. The molecule has 62 heavy (non-hydrogen) atoms. The highest BCUT2D eigenvalue weighted by atomic mass is 32.1. The molecule has 7 N–H and O–H groups in total. The van der Waals surface area contributed by atoms with Gasteiger partial charge in [0.05, 0.1) is 33.7 Å². The maximum absolute atomic E-state index is 12.5. The van der Waals surface area contributed by atoms with E-state index in [0.29, 0.717) is 37.3 Å². The van der Waals surface area contributed by atoms with Gasteiger partial charge in [-0.3, -0.25) is 18.5 Å². The van der Waals surface area contributed by atoms with Crippen LogP contribution in [0.3, 0.4) is 0 Å². The Labute approximate surface area is 358 Å². The number of aromatic nitrogens is 5. The Hall–Kier alpha value is -3.83. The Kier molecular flexibility index (Phi) is 15.6. The predicted molar refractivity (Wildman–Crippen MR) is 225 cm³/mol. The van der Waals surface area contributed by atoms with Crippen molar-refractivity contribution in [1.29, 1.82) is 0 Å². The van der Waals surface area contributed by atoms with Crippen LogP contribution in [0.4, 0.5) is 11.5 Å². The number of nitrogens with one attached hydrogen (secondary N) is 2. The van der Waals surface area contributed by atoms with Crippen molar-refractivity contribution < 1.29 is 66.2 Å². The number of nitrogens with zero attached hydrogens (tertiary/aromatic N) is 7. The smallest absolute Gasteiger partial charge is 0.487 e. The van der Waals surface area contributed by atoms with Crippen LogP contribution < -0.4 is 30.4 Å². The van der Waals surface area contributed by atoms with Crippen molar-refractivity contribution in [3.05, 3.63) is 54.4 Å². The van der Waals surface area contributed by atoms with Crippen LogP contribution in [-0.4, -0.2) is 121 Å². The van der Waals surface area contributed by atoms with Crippen molar-refractivity contribution in [1.82, 2.24) is 34.4 Å². The summed E-state index contributed by atoms with van der Waals surface area (Å²) in [5, 5.41) is 28.6. The molecule has 0 spiro atoms. The van der Waals surface area contributed by atoms with Crippen molar-refractivity contribution >= 4 is 73.6 Å². The van der Waals surface area contributed by atoms with Gasteiger partial charge in [0, 0.05) is 50.9 Å². The van der Waals surface area contributed by atoms with Gasteiger partial charge in [0.25, 0.3) is 7.82 Å². The van der Waals surface area contributed by atoms with Gasteiger partial charge < -0.3 is 50.1 Å². The van der Waals surface area contributed by atoms with Gasteiger partial charge in [0.1, 0.15) is 38.7 Å². The van der Waals surface area contributed by atoms with Crippen LogP contribution in [0.1, 0.15) is 44.8 Å². The fraction of sp³-hybridized carbons (Fsp3) is 0.486. The zero-order chi connectivity index (χ0) is 44.8. The number of amides is 1. The summed E-state index contributed by atoms with van der Waals surface area (Å²) in [6.45, 7) is 0.863. The normalized spacial score (nSPS) is 20.8. The van der Waals surface area contributed by atoms with Gasteiger partial charge in [0.15, 0.2) is 23.2 Å². The molecule has 1 fully saturated rings. The maximum Gasteiger partial charge on any atom is 0.487 e. The molecule has 1 amide bonds. The number of phosphoric acid groups is 3. The van der Waals surface area contributed by atoms with Crippen molar-refractivity contribution in [2.75, 3.05) is 57.6 Å². The molecule has 27 heteroatoms. The second-order valence-corrected chi connectivity index (χ2v) is 20.0. The summed E-state index contributed by atoms with van der Waals surface area (Å²) in [4.78, 5) is 71.7. The molecule has 1 saturated heterocycles. The van der Waals surface area contributed by atoms with E-state index >= 15 is 0 Å². The van der Waals surface area contributed by atoms with E-state index in [1.165, 1.54) is 17.2 Å². The third-order valence-corrected chi connectivity index (χ3v) is 14.6. The summed E-state index contributed by atoms with van der Waals surface area (Å²) < 4.78 is 56.2. The Bertz CT molecular complexity index is 2560. The number of carbonyl (C=O) groups excluding carboxylic acids is 1. The van der Waals surface area contributed by atoms with Crippen LogP contribution in [-0.2, 0) is 36.4 Å². The van der Waals surface area contributed by atoms with Gasteiger partial charge >= 0.3 is 15.6 Å². The second kappa shape index (κ2) is 20.3. The molecule has 0 bridgehead atoms. The second-order valence-electron chi connectivity index (χ2n) is 14.6. The summed E-state index contributed by atoms with van der Waals surface area (Å²) in [5.41, 5.74) is 3.53. The summed E-state index contributed by atoms with van der Waals surface area (Å²) in [5.74, 6) is 0.409. The number of phosphoric ester groups is 1. The molecule has 23 nitrogen and oxygen atoms in total. The first-order chi connectivity index (χ1) is 29.3. The van der Waals surface area contributed by atoms with Crippen molar-refractivity contribution in [3.63, 3.8) is 0 Å². The molecule has 7 atom stereocenters. The number of aliphatic hydroxyl groups excluding tert-OH is 2. The molecule has 3 aliphatic rings. The molecule has 1 aromatic carbocycles. The Morgan fingerprint density at radius 1 is 0.968 bits per heavy atom. The number of carbonyl (C=O) groups is 1.